The lowest BCUT2D eigenvalue weighted by Gasteiger charge is -2.09. The number of halogens is 1. The molecule has 1 N–H and O–H groups in total. The van der Waals surface area contributed by atoms with E-state index in [0.717, 1.165) is 11.3 Å². The third-order valence-electron chi connectivity index (χ3n) is 3.30. The maximum atomic E-state index is 11.8. The summed E-state index contributed by atoms with van der Waals surface area (Å²) in [5.41, 5.74) is 1.48. The van der Waals surface area contributed by atoms with Crippen molar-refractivity contribution in [2.45, 2.75) is 19.8 Å². The molecule has 0 heterocycles. The number of amides is 1. The van der Waals surface area contributed by atoms with Crippen molar-refractivity contribution in [3.63, 3.8) is 0 Å². The van der Waals surface area contributed by atoms with Crippen LogP contribution in [0.3, 0.4) is 0 Å². The first kappa shape index (κ1) is 18.8. The number of carbonyl (C=O) groups excluding carboxylic acids is 2. The predicted octanol–water partition coefficient (Wildman–Crippen LogP) is 3.99. The molecule has 0 bridgehead atoms. The minimum Gasteiger partial charge on any atom is -0.494 e. The number of rotatable bonds is 8. The van der Waals surface area contributed by atoms with Gasteiger partial charge in [-0.15, -0.1) is 0 Å². The molecule has 0 unspecified atom stereocenters. The van der Waals surface area contributed by atoms with Crippen molar-refractivity contribution in [2.24, 2.45) is 0 Å². The maximum Gasteiger partial charge on any atom is 0.306 e. The van der Waals surface area contributed by atoms with Crippen LogP contribution in [0.4, 0.5) is 5.69 Å². The van der Waals surface area contributed by atoms with Crippen LogP contribution in [0.2, 0.25) is 5.02 Å². The number of esters is 1. The first-order chi connectivity index (χ1) is 12.0. The number of anilines is 1. The van der Waals surface area contributed by atoms with Crippen LogP contribution >= 0.6 is 11.6 Å². The molecular formula is C19H20ClNO4. The Bertz CT molecular complexity index is 719. The molecule has 2 aromatic carbocycles. The zero-order valence-electron chi connectivity index (χ0n) is 14.0. The highest BCUT2D eigenvalue weighted by atomic mass is 35.5. The van der Waals surface area contributed by atoms with Crippen molar-refractivity contribution in [3.05, 3.63) is 59.1 Å². The minimum atomic E-state index is -0.443. The summed E-state index contributed by atoms with van der Waals surface area (Å²) < 4.78 is 10.4. The summed E-state index contributed by atoms with van der Waals surface area (Å²) in [6.45, 7) is 1.97. The Balaban J connectivity index is 1.63. The molecule has 0 fully saturated rings. The van der Waals surface area contributed by atoms with E-state index in [9.17, 15) is 9.59 Å². The number of carbonyl (C=O) groups is 2. The molecular weight excluding hydrogens is 342 g/mol. The van der Waals surface area contributed by atoms with Gasteiger partial charge < -0.3 is 14.8 Å². The van der Waals surface area contributed by atoms with Gasteiger partial charge in [-0.25, -0.2) is 0 Å². The average molecular weight is 362 g/mol. The van der Waals surface area contributed by atoms with Crippen LogP contribution in [0, 0.1) is 6.92 Å². The van der Waals surface area contributed by atoms with Crippen molar-refractivity contribution >= 4 is 29.2 Å². The highest BCUT2D eigenvalue weighted by Crippen LogP contribution is 2.22. The topological polar surface area (TPSA) is 64.6 Å². The number of benzene rings is 2. The quantitative estimate of drug-likeness (QED) is 0.570. The average Bonchev–Trinajstić information content (AvgIpc) is 2.60. The molecule has 0 aliphatic rings. The van der Waals surface area contributed by atoms with Gasteiger partial charge in [-0.1, -0.05) is 35.9 Å². The van der Waals surface area contributed by atoms with Crippen LogP contribution < -0.4 is 10.1 Å². The first-order valence-corrected chi connectivity index (χ1v) is 8.32. The Kier molecular flexibility index (Phi) is 7.29. The number of para-hydroxylation sites is 1. The highest BCUT2D eigenvalue weighted by Gasteiger charge is 2.09. The van der Waals surface area contributed by atoms with Crippen molar-refractivity contribution < 1.29 is 19.1 Å². The normalized spacial score (nSPS) is 10.2. The van der Waals surface area contributed by atoms with Crippen LogP contribution in [0.1, 0.15) is 18.4 Å². The van der Waals surface area contributed by atoms with Crippen molar-refractivity contribution in [1.29, 1.82) is 0 Å². The fraction of sp³-hybridized carbons (Fsp3) is 0.263. The Morgan fingerprint density at radius 1 is 1.12 bits per heavy atom. The molecule has 5 nitrogen and oxygen atoms in total. The lowest BCUT2D eigenvalue weighted by atomic mass is 10.2. The highest BCUT2D eigenvalue weighted by molar-refractivity contribution is 6.33. The Morgan fingerprint density at radius 3 is 2.60 bits per heavy atom. The van der Waals surface area contributed by atoms with Gasteiger partial charge in [0.1, 0.15) is 5.75 Å². The molecule has 0 aliphatic carbocycles. The van der Waals surface area contributed by atoms with Crippen LogP contribution in [0.25, 0.3) is 0 Å². The van der Waals surface area contributed by atoms with Crippen molar-refractivity contribution in [1.82, 2.24) is 0 Å². The third-order valence-corrected chi connectivity index (χ3v) is 3.61. The van der Waals surface area contributed by atoms with E-state index in [1.807, 2.05) is 43.3 Å². The van der Waals surface area contributed by atoms with Gasteiger partial charge in [0.25, 0.3) is 5.91 Å². The zero-order valence-corrected chi connectivity index (χ0v) is 14.7. The van der Waals surface area contributed by atoms with Crippen LogP contribution in [0.15, 0.2) is 48.5 Å². The van der Waals surface area contributed by atoms with Gasteiger partial charge in [-0.05, 0) is 43.2 Å². The van der Waals surface area contributed by atoms with Crippen LogP contribution in [-0.2, 0) is 14.3 Å². The van der Waals surface area contributed by atoms with Crippen LogP contribution in [0.5, 0.6) is 5.75 Å². The molecule has 0 aromatic heterocycles. The fourth-order valence-corrected chi connectivity index (χ4v) is 2.33. The summed E-state index contributed by atoms with van der Waals surface area (Å²) in [4.78, 5) is 23.4. The van der Waals surface area contributed by atoms with E-state index in [-0.39, 0.29) is 13.0 Å². The summed E-state index contributed by atoms with van der Waals surface area (Å²) in [6.07, 6.45) is 0.699. The summed E-state index contributed by atoms with van der Waals surface area (Å²) in [5, 5.41) is 3.05. The van der Waals surface area contributed by atoms with Crippen molar-refractivity contribution in [2.75, 3.05) is 18.5 Å². The Morgan fingerprint density at radius 2 is 1.88 bits per heavy atom. The van der Waals surface area contributed by atoms with Gasteiger partial charge >= 0.3 is 5.97 Å². The number of ether oxygens (including phenoxy) is 2. The van der Waals surface area contributed by atoms with Gasteiger partial charge in [-0.3, -0.25) is 9.59 Å². The second-order valence-electron chi connectivity index (χ2n) is 5.46. The molecule has 0 radical (unpaired) electrons. The van der Waals surface area contributed by atoms with Gasteiger partial charge in [0.15, 0.2) is 6.61 Å². The zero-order chi connectivity index (χ0) is 18.1. The number of hydrogen-bond acceptors (Lipinski definition) is 4. The number of hydrogen-bond donors (Lipinski definition) is 1. The smallest absolute Gasteiger partial charge is 0.306 e. The second kappa shape index (κ2) is 9.69. The molecule has 2 aromatic rings. The minimum absolute atomic E-state index is 0.186. The SMILES string of the molecule is Cc1ccc(NC(=O)COC(=O)CCCOc2ccccc2)c(Cl)c1. The van der Waals surface area contributed by atoms with Crippen molar-refractivity contribution in [3.8, 4) is 5.75 Å². The third kappa shape index (κ3) is 6.85. The summed E-state index contributed by atoms with van der Waals surface area (Å²) >= 11 is 6.03. The molecule has 0 atom stereocenters. The van der Waals surface area contributed by atoms with E-state index >= 15 is 0 Å². The van der Waals surface area contributed by atoms with Gasteiger partial charge in [0.2, 0.25) is 0 Å². The Labute approximate surface area is 151 Å². The van der Waals surface area contributed by atoms with E-state index < -0.39 is 11.9 Å². The lowest BCUT2D eigenvalue weighted by molar-refractivity contribution is -0.147. The standard InChI is InChI=1S/C19H20ClNO4/c1-14-9-10-17(16(20)12-14)21-18(22)13-25-19(23)8-5-11-24-15-6-3-2-4-7-15/h2-4,6-7,9-10,12H,5,8,11,13H2,1H3,(H,21,22). The monoisotopic (exact) mass is 361 g/mol. The Hall–Kier alpha value is -2.53. The van der Waals surface area contributed by atoms with Gasteiger partial charge in [-0.2, -0.15) is 0 Å². The summed E-state index contributed by atoms with van der Waals surface area (Å²) in [6, 6.07) is 14.6. The van der Waals surface area contributed by atoms with E-state index in [1.165, 1.54) is 0 Å². The number of nitrogens with one attached hydrogen (secondary N) is 1. The van der Waals surface area contributed by atoms with Gasteiger partial charge in [0, 0.05) is 6.42 Å². The second-order valence-corrected chi connectivity index (χ2v) is 5.86. The van der Waals surface area contributed by atoms with Crippen LogP contribution in [-0.4, -0.2) is 25.1 Å². The van der Waals surface area contributed by atoms with E-state index in [4.69, 9.17) is 21.1 Å². The van der Waals surface area contributed by atoms with E-state index in [0.29, 0.717) is 23.7 Å². The molecule has 132 valence electrons. The summed E-state index contributed by atoms with van der Waals surface area (Å²) in [5.74, 6) is -0.119. The maximum absolute atomic E-state index is 11.8. The number of aryl methyl sites for hydroxylation is 1. The molecule has 1 amide bonds. The fourth-order valence-electron chi connectivity index (χ4n) is 2.05. The molecule has 6 heteroatoms. The molecule has 25 heavy (non-hydrogen) atoms. The largest absolute Gasteiger partial charge is 0.494 e. The predicted molar refractivity (Wildman–Crippen MR) is 96.9 cm³/mol. The van der Waals surface area contributed by atoms with Gasteiger partial charge in [0.05, 0.1) is 17.3 Å². The summed E-state index contributed by atoms with van der Waals surface area (Å²) in [7, 11) is 0. The molecule has 0 aliphatic heterocycles. The van der Waals surface area contributed by atoms with E-state index in [1.54, 1.807) is 12.1 Å². The molecule has 0 spiro atoms. The molecule has 0 saturated carbocycles. The van der Waals surface area contributed by atoms with E-state index in [2.05, 4.69) is 5.32 Å². The lowest BCUT2D eigenvalue weighted by Crippen LogP contribution is -2.21. The first-order valence-electron chi connectivity index (χ1n) is 7.94. The molecule has 2 rings (SSSR count). The molecule has 0 saturated heterocycles.